The Morgan fingerprint density at radius 2 is 0.897 bits per heavy atom. The van der Waals surface area contributed by atoms with Crippen LogP contribution in [0.25, 0.3) is 46.6 Å². The van der Waals surface area contributed by atoms with Crippen LogP contribution in [0, 0.1) is 0 Å². The summed E-state index contributed by atoms with van der Waals surface area (Å²) in [6, 6.07) is 30.6. The highest BCUT2D eigenvalue weighted by Gasteiger charge is 2.12. The molecule has 0 nitrogen and oxygen atoms in total. The fourth-order valence-corrected chi connectivity index (χ4v) is 4.67. The zero-order valence-corrected chi connectivity index (χ0v) is 16.1. The van der Waals surface area contributed by atoms with Crippen LogP contribution in [0.2, 0.25) is 0 Å². The molecule has 0 bridgehead atoms. The Bertz CT molecular complexity index is 1400. The van der Waals surface area contributed by atoms with Crippen molar-refractivity contribution in [3.05, 3.63) is 117 Å². The lowest BCUT2D eigenvalue weighted by Gasteiger charge is -2.00. The average Bonchev–Trinajstić information content (AvgIpc) is 3.33. The standard InChI is InChI=1S/C29H20/c1-3-14-24-22(8-1)18-28-20(12-6-16-26(24)28)10-5-11-21-13-7-17-27-25-15-4-2-9-23(25)19-29(21)27/h1-4,6-19H,5H2. The van der Waals surface area contributed by atoms with Gasteiger partial charge in [0.1, 0.15) is 0 Å². The van der Waals surface area contributed by atoms with E-state index in [2.05, 4.69) is 109 Å². The molecule has 136 valence electrons. The van der Waals surface area contributed by atoms with Crippen molar-refractivity contribution in [2.45, 2.75) is 6.42 Å². The van der Waals surface area contributed by atoms with E-state index in [4.69, 9.17) is 0 Å². The highest BCUT2D eigenvalue weighted by Crippen LogP contribution is 2.25. The van der Waals surface area contributed by atoms with Gasteiger partial charge in [0.15, 0.2) is 0 Å². The van der Waals surface area contributed by atoms with Gasteiger partial charge < -0.3 is 0 Å². The van der Waals surface area contributed by atoms with Crippen LogP contribution >= 0.6 is 0 Å². The Hall–Kier alpha value is -3.64. The van der Waals surface area contributed by atoms with E-state index in [0.29, 0.717) is 0 Å². The first-order chi connectivity index (χ1) is 14.4. The van der Waals surface area contributed by atoms with E-state index in [9.17, 15) is 0 Å². The van der Waals surface area contributed by atoms with Gasteiger partial charge in [0.2, 0.25) is 0 Å². The third-order valence-electron chi connectivity index (χ3n) is 6.06. The number of hydrogen-bond acceptors (Lipinski definition) is 0. The highest BCUT2D eigenvalue weighted by atomic mass is 14.2. The molecule has 0 fully saturated rings. The molecule has 0 saturated heterocycles. The van der Waals surface area contributed by atoms with Crippen molar-refractivity contribution < 1.29 is 0 Å². The molecule has 4 aromatic rings. The molecule has 0 aromatic heterocycles. The molecule has 4 aromatic carbocycles. The van der Waals surface area contributed by atoms with Crippen LogP contribution in [-0.2, 0) is 0 Å². The molecule has 0 unspecified atom stereocenters. The Balaban J connectivity index is 1.44. The SMILES string of the molecule is C(CC=c1cccc2c1=Cc1ccccc1-2)=c1cccc2c1=Cc1ccccc1-2. The van der Waals surface area contributed by atoms with Gasteiger partial charge in [0.05, 0.1) is 0 Å². The Labute approximate surface area is 170 Å². The molecule has 0 atom stereocenters. The van der Waals surface area contributed by atoms with Crippen molar-refractivity contribution in [3.8, 4) is 22.3 Å². The molecular weight excluding hydrogens is 348 g/mol. The minimum absolute atomic E-state index is 0.918. The summed E-state index contributed by atoms with van der Waals surface area (Å²) >= 11 is 0. The lowest BCUT2D eigenvalue weighted by atomic mass is 10.0. The maximum Gasteiger partial charge on any atom is -0.00993 e. The van der Waals surface area contributed by atoms with E-state index in [0.717, 1.165) is 6.42 Å². The molecule has 2 aliphatic carbocycles. The van der Waals surface area contributed by atoms with Gasteiger partial charge >= 0.3 is 0 Å². The molecule has 0 N–H and O–H groups in total. The normalized spacial score (nSPS) is 13.9. The maximum absolute atomic E-state index is 2.35. The zero-order chi connectivity index (χ0) is 19.2. The second-order valence-electron chi connectivity index (χ2n) is 7.72. The van der Waals surface area contributed by atoms with Crippen LogP contribution < -0.4 is 20.9 Å². The molecule has 0 aliphatic heterocycles. The highest BCUT2D eigenvalue weighted by molar-refractivity contribution is 5.84. The second-order valence-corrected chi connectivity index (χ2v) is 7.72. The first-order valence-electron chi connectivity index (χ1n) is 10.2. The summed E-state index contributed by atoms with van der Waals surface area (Å²) in [6.07, 6.45) is 10.3. The molecule has 0 saturated carbocycles. The van der Waals surface area contributed by atoms with Crippen molar-refractivity contribution >= 4 is 24.3 Å². The van der Waals surface area contributed by atoms with E-state index in [-0.39, 0.29) is 0 Å². The summed E-state index contributed by atoms with van der Waals surface area (Å²) in [4.78, 5) is 0. The summed E-state index contributed by atoms with van der Waals surface area (Å²) in [6.45, 7) is 0. The van der Waals surface area contributed by atoms with Crippen LogP contribution in [0.15, 0.2) is 84.9 Å². The molecular formula is C29H20. The molecule has 0 radical (unpaired) electrons. The summed E-state index contributed by atoms with van der Waals surface area (Å²) in [5, 5.41) is 5.32. The van der Waals surface area contributed by atoms with Gasteiger partial charge in [-0.15, -0.1) is 0 Å². The maximum atomic E-state index is 2.35. The van der Waals surface area contributed by atoms with Crippen LogP contribution in [0.5, 0.6) is 0 Å². The monoisotopic (exact) mass is 368 g/mol. The first-order valence-corrected chi connectivity index (χ1v) is 10.2. The molecule has 0 spiro atoms. The minimum atomic E-state index is 0.918. The number of hydrogen-bond donors (Lipinski definition) is 0. The molecule has 0 heteroatoms. The predicted molar refractivity (Wildman–Crippen MR) is 123 cm³/mol. The van der Waals surface area contributed by atoms with E-state index < -0.39 is 0 Å². The quantitative estimate of drug-likeness (QED) is 0.434. The largest absolute Gasteiger partial charge is 0.0728 e. The Morgan fingerprint density at radius 3 is 1.41 bits per heavy atom. The van der Waals surface area contributed by atoms with Gasteiger partial charge in [-0.2, -0.15) is 0 Å². The van der Waals surface area contributed by atoms with Crippen molar-refractivity contribution in [2.24, 2.45) is 0 Å². The lowest BCUT2D eigenvalue weighted by molar-refractivity contribution is 1.45. The molecule has 0 amide bonds. The van der Waals surface area contributed by atoms with E-state index in [1.807, 2.05) is 0 Å². The second kappa shape index (κ2) is 6.46. The van der Waals surface area contributed by atoms with Crippen molar-refractivity contribution in [1.82, 2.24) is 0 Å². The van der Waals surface area contributed by atoms with Crippen LogP contribution in [0.3, 0.4) is 0 Å². The van der Waals surface area contributed by atoms with Crippen molar-refractivity contribution in [3.63, 3.8) is 0 Å². The van der Waals surface area contributed by atoms with Gasteiger partial charge in [-0.25, -0.2) is 0 Å². The van der Waals surface area contributed by atoms with Gasteiger partial charge in [-0.3, -0.25) is 0 Å². The number of rotatable bonds is 2. The molecule has 0 heterocycles. The zero-order valence-electron chi connectivity index (χ0n) is 16.1. The molecule has 2 aliphatic rings. The average molecular weight is 368 g/mol. The van der Waals surface area contributed by atoms with Gasteiger partial charge in [-0.1, -0.05) is 97.1 Å². The minimum Gasteiger partial charge on any atom is -0.0728 e. The summed E-state index contributed by atoms with van der Waals surface area (Å²) < 4.78 is 0. The smallest absolute Gasteiger partial charge is 0.00993 e. The number of fused-ring (bicyclic) bond motifs is 6. The third kappa shape index (κ3) is 2.61. The fourth-order valence-electron chi connectivity index (χ4n) is 4.67. The van der Waals surface area contributed by atoms with Crippen molar-refractivity contribution in [2.75, 3.05) is 0 Å². The van der Waals surface area contributed by atoms with E-state index in [1.165, 1.54) is 54.3 Å². The van der Waals surface area contributed by atoms with Gasteiger partial charge in [0.25, 0.3) is 0 Å². The van der Waals surface area contributed by atoms with Crippen LogP contribution in [-0.4, -0.2) is 0 Å². The Kier molecular flexibility index (Phi) is 3.64. The Morgan fingerprint density at radius 1 is 0.448 bits per heavy atom. The number of benzene rings is 4. The lowest BCUT2D eigenvalue weighted by Crippen LogP contribution is -2.25. The van der Waals surface area contributed by atoms with Crippen LogP contribution in [0.4, 0.5) is 0 Å². The predicted octanol–water partition coefficient (Wildman–Crippen LogP) is 3.96. The summed E-state index contributed by atoms with van der Waals surface area (Å²) in [5.74, 6) is 0. The first kappa shape index (κ1) is 16.3. The fraction of sp³-hybridized carbons (Fsp3) is 0.0345. The van der Waals surface area contributed by atoms with E-state index in [1.54, 1.807) is 0 Å². The third-order valence-corrected chi connectivity index (χ3v) is 6.06. The van der Waals surface area contributed by atoms with E-state index >= 15 is 0 Å². The topological polar surface area (TPSA) is 0 Å². The molecule has 29 heavy (non-hydrogen) atoms. The van der Waals surface area contributed by atoms with Crippen LogP contribution in [0.1, 0.15) is 17.5 Å². The molecule has 6 rings (SSSR count). The summed E-state index contributed by atoms with van der Waals surface area (Å²) in [7, 11) is 0. The summed E-state index contributed by atoms with van der Waals surface area (Å²) in [5.41, 5.74) is 8.02. The van der Waals surface area contributed by atoms with Gasteiger partial charge in [0, 0.05) is 0 Å². The van der Waals surface area contributed by atoms with Crippen molar-refractivity contribution in [1.29, 1.82) is 0 Å². The van der Waals surface area contributed by atoms with Gasteiger partial charge in [-0.05, 0) is 72.8 Å².